The van der Waals surface area contributed by atoms with Gasteiger partial charge in [0.05, 0.1) is 12.1 Å². The number of carbonyl (C=O) groups is 1. The summed E-state index contributed by atoms with van der Waals surface area (Å²) in [7, 11) is 0. The number of ether oxygens (including phenoxy) is 2. The summed E-state index contributed by atoms with van der Waals surface area (Å²) >= 11 is 0. The lowest BCUT2D eigenvalue weighted by molar-refractivity contribution is -0.119. The summed E-state index contributed by atoms with van der Waals surface area (Å²) in [6.45, 7) is 2.87. The van der Waals surface area contributed by atoms with Crippen LogP contribution in [0.25, 0.3) is 0 Å². The Bertz CT molecular complexity index is 793. The zero-order valence-corrected chi connectivity index (χ0v) is 16.7. The van der Waals surface area contributed by atoms with Crippen molar-refractivity contribution in [3.8, 4) is 11.5 Å². The van der Waals surface area contributed by atoms with Crippen LogP contribution in [0.4, 0.5) is 8.78 Å². The van der Waals surface area contributed by atoms with E-state index in [1.165, 1.54) is 12.5 Å². The molecule has 1 N–H and O–H groups in total. The van der Waals surface area contributed by atoms with Gasteiger partial charge in [-0.3, -0.25) is 4.79 Å². The Kier molecular flexibility index (Phi) is 7.07. The predicted octanol–water partition coefficient (Wildman–Crippen LogP) is 5.24. The summed E-state index contributed by atoms with van der Waals surface area (Å²) < 4.78 is 35.6. The third-order valence-corrected chi connectivity index (χ3v) is 5.21. The first-order chi connectivity index (χ1) is 13.9. The van der Waals surface area contributed by atoms with Crippen molar-refractivity contribution in [3.05, 3.63) is 59.7 Å². The fourth-order valence-electron chi connectivity index (χ4n) is 3.76. The van der Waals surface area contributed by atoms with Gasteiger partial charge in [0.1, 0.15) is 18.1 Å². The molecule has 3 rings (SSSR count). The zero-order valence-electron chi connectivity index (χ0n) is 16.7. The fraction of sp³-hybridized carbons (Fsp3) is 0.435. The van der Waals surface area contributed by atoms with Crippen molar-refractivity contribution in [1.82, 2.24) is 5.32 Å². The first-order valence-corrected chi connectivity index (χ1v) is 9.95. The van der Waals surface area contributed by atoms with E-state index in [1.807, 2.05) is 43.3 Å². The molecular weight excluding hydrogens is 376 g/mol. The molecule has 6 heteroatoms. The molecule has 2 aromatic carbocycles. The van der Waals surface area contributed by atoms with E-state index < -0.39 is 13.0 Å². The number of benzene rings is 2. The van der Waals surface area contributed by atoms with Crippen LogP contribution >= 0.6 is 0 Å². The Hall–Kier alpha value is -2.63. The molecule has 0 aromatic heterocycles. The van der Waals surface area contributed by atoms with Crippen LogP contribution in [-0.2, 0) is 4.79 Å². The number of halogens is 2. The maximum Gasteiger partial charge on any atom is 0.272 e. The highest BCUT2D eigenvalue weighted by atomic mass is 19.3. The van der Waals surface area contributed by atoms with Crippen molar-refractivity contribution in [2.24, 2.45) is 0 Å². The van der Waals surface area contributed by atoms with Gasteiger partial charge in [0, 0.05) is 6.92 Å². The van der Waals surface area contributed by atoms with Crippen molar-refractivity contribution in [2.45, 2.75) is 57.6 Å². The largest absolute Gasteiger partial charge is 0.490 e. The van der Waals surface area contributed by atoms with Crippen LogP contribution in [0.2, 0.25) is 0 Å². The highest BCUT2D eigenvalue weighted by Gasteiger charge is 2.27. The molecule has 3 atom stereocenters. The summed E-state index contributed by atoms with van der Waals surface area (Å²) in [6, 6.07) is 15.2. The fourth-order valence-corrected chi connectivity index (χ4v) is 3.76. The smallest absolute Gasteiger partial charge is 0.272 e. The van der Waals surface area contributed by atoms with Crippen molar-refractivity contribution in [3.63, 3.8) is 0 Å². The molecule has 1 saturated carbocycles. The van der Waals surface area contributed by atoms with Crippen LogP contribution in [0.5, 0.6) is 11.5 Å². The summed E-state index contributed by atoms with van der Waals surface area (Å²) in [5.41, 5.74) is 2.21. The third-order valence-electron chi connectivity index (χ3n) is 5.21. The average Bonchev–Trinajstić information content (AvgIpc) is 3.15. The van der Waals surface area contributed by atoms with E-state index in [9.17, 15) is 13.6 Å². The number of rotatable bonds is 8. The summed E-state index contributed by atoms with van der Waals surface area (Å²) in [5, 5.41) is 2.87. The molecule has 4 nitrogen and oxygen atoms in total. The lowest BCUT2D eigenvalue weighted by atomic mass is 9.97. The van der Waals surface area contributed by atoms with E-state index in [2.05, 4.69) is 5.32 Å². The molecule has 2 aromatic rings. The van der Waals surface area contributed by atoms with Crippen LogP contribution < -0.4 is 14.8 Å². The minimum atomic E-state index is -2.47. The Labute approximate surface area is 170 Å². The molecule has 0 heterocycles. The number of hydrogen-bond donors (Lipinski definition) is 1. The Morgan fingerprint density at radius 2 is 1.72 bits per heavy atom. The molecule has 3 unspecified atom stereocenters. The van der Waals surface area contributed by atoms with Gasteiger partial charge in [-0.15, -0.1) is 0 Å². The molecule has 0 aliphatic heterocycles. The number of amides is 1. The topological polar surface area (TPSA) is 47.6 Å². The Balaban J connectivity index is 1.51. The lowest BCUT2D eigenvalue weighted by Crippen LogP contribution is -2.23. The van der Waals surface area contributed by atoms with E-state index >= 15 is 0 Å². The molecule has 0 bridgehead atoms. The summed E-state index contributed by atoms with van der Waals surface area (Å²) in [4.78, 5) is 11.2. The van der Waals surface area contributed by atoms with Gasteiger partial charge in [-0.2, -0.15) is 0 Å². The van der Waals surface area contributed by atoms with E-state index in [4.69, 9.17) is 9.47 Å². The quantitative estimate of drug-likeness (QED) is 0.655. The standard InChI is InChI=1S/C23H27F2NO3/c1-15(26-16(2)27)17-3-10-21(11-4-17)29-22-12-7-19(13-22)18-5-8-20(9-6-18)28-14-23(24)25/h3-6,8-11,15,19,22-23H,7,12-14H2,1-2H3,(H,26,27). The second-order valence-corrected chi connectivity index (χ2v) is 7.51. The molecule has 0 radical (unpaired) electrons. The van der Waals surface area contributed by atoms with Crippen LogP contribution in [-0.4, -0.2) is 25.0 Å². The van der Waals surface area contributed by atoms with E-state index in [1.54, 1.807) is 12.1 Å². The normalized spacial score (nSPS) is 19.8. The van der Waals surface area contributed by atoms with Crippen molar-refractivity contribution in [1.29, 1.82) is 0 Å². The number of alkyl halides is 2. The number of nitrogens with one attached hydrogen (secondary N) is 1. The van der Waals surface area contributed by atoms with Crippen molar-refractivity contribution < 1.29 is 23.0 Å². The highest BCUT2D eigenvalue weighted by Crippen LogP contribution is 2.37. The number of carbonyl (C=O) groups excluding carboxylic acids is 1. The van der Waals surface area contributed by atoms with Crippen LogP contribution in [0, 0.1) is 0 Å². The van der Waals surface area contributed by atoms with Gasteiger partial charge in [0.2, 0.25) is 5.91 Å². The molecular formula is C23H27F2NO3. The molecule has 1 fully saturated rings. The SMILES string of the molecule is CC(=O)NC(C)c1ccc(OC2CCC(c3ccc(OCC(F)F)cc3)C2)cc1. The minimum Gasteiger partial charge on any atom is -0.490 e. The summed E-state index contributed by atoms with van der Waals surface area (Å²) in [6.07, 6.45) is 0.595. The van der Waals surface area contributed by atoms with Gasteiger partial charge >= 0.3 is 0 Å². The van der Waals surface area contributed by atoms with Crippen LogP contribution in [0.15, 0.2) is 48.5 Å². The van der Waals surface area contributed by atoms with Crippen LogP contribution in [0.1, 0.15) is 56.2 Å². The predicted molar refractivity (Wildman–Crippen MR) is 108 cm³/mol. The van der Waals surface area contributed by atoms with E-state index in [0.717, 1.165) is 30.6 Å². The van der Waals surface area contributed by atoms with Gasteiger partial charge in [-0.25, -0.2) is 8.78 Å². The van der Waals surface area contributed by atoms with Gasteiger partial charge in [-0.1, -0.05) is 24.3 Å². The second kappa shape index (κ2) is 9.72. The zero-order chi connectivity index (χ0) is 20.8. The molecule has 29 heavy (non-hydrogen) atoms. The van der Waals surface area contributed by atoms with Crippen molar-refractivity contribution >= 4 is 5.91 Å². The monoisotopic (exact) mass is 403 g/mol. The molecule has 0 spiro atoms. The van der Waals surface area contributed by atoms with E-state index in [-0.39, 0.29) is 18.1 Å². The maximum absolute atomic E-state index is 12.2. The van der Waals surface area contributed by atoms with Gasteiger partial charge in [0.15, 0.2) is 0 Å². The van der Waals surface area contributed by atoms with E-state index in [0.29, 0.717) is 11.7 Å². The minimum absolute atomic E-state index is 0.0370. The van der Waals surface area contributed by atoms with Gasteiger partial charge in [0.25, 0.3) is 6.43 Å². The number of hydrogen-bond acceptors (Lipinski definition) is 3. The first-order valence-electron chi connectivity index (χ1n) is 9.95. The molecule has 156 valence electrons. The Morgan fingerprint density at radius 1 is 1.07 bits per heavy atom. The lowest BCUT2D eigenvalue weighted by Gasteiger charge is -2.17. The average molecular weight is 403 g/mol. The second-order valence-electron chi connectivity index (χ2n) is 7.51. The first kappa shape index (κ1) is 21.1. The maximum atomic E-state index is 12.2. The summed E-state index contributed by atoms with van der Waals surface area (Å²) in [5.74, 6) is 1.63. The molecule has 0 saturated heterocycles. The highest BCUT2D eigenvalue weighted by molar-refractivity contribution is 5.73. The van der Waals surface area contributed by atoms with Gasteiger partial charge < -0.3 is 14.8 Å². The molecule has 1 aliphatic carbocycles. The third kappa shape index (κ3) is 6.17. The van der Waals surface area contributed by atoms with Crippen LogP contribution in [0.3, 0.4) is 0 Å². The molecule has 1 amide bonds. The Morgan fingerprint density at radius 3 is 2.34 bits per heavy atom. The van der Waals surface area contributed by atoms with Gasteiger partial charge in [-0.05, 0) is 67.5 Å². The van der Waals surface area contributed by atoms with Crippen molar-refractivity contribution in [2.75, 3.05) is 6.61 Å². The molecule has 1 aliphatic rings.